The standard InChI is InChI=1S/C19H18N6OS/c1-13(16-12-27-17(20-16)11-10-14-8-9-14)26-22-18(15-6-4-3-5-7-15)19-21-23-24-25(19)2/h3-7,12-14H,8-9H2,1-2H3. The van der Waals surface area contributed by atoms with Crippen molar-refractivity contribution >= 4 is 17.0 Å². The van der Waals surface area contributed by atoms with Crippen LogP contribution in [-0.4, -0.2) is 30.9 Å². The van der Waals surface area contributed by atoms with Crippen molar-refractivity contribution in [3.8, 4) is 11.8 Å². The smallest absolute Gasteiger partial charge is 0.204 e. The predicted octanol–water partition coefficient (Wildman–Crippen LogP) is 2.96. The van der Waals surface area contributed by atoms with Crippen LogP contribution < -0.4 is 0 Å². The summed E-state index contributed by atoms with van der Waals surface area (Å²) in [7, 11) is 1.77. The van der Waals surface area contributed by atoms with E-state index in [2.05, 4.69) is 37.5 Å². The summed E-state index contributed by atoms with van der Waals surface area (Å²) in [6.07, 6.45) is 2.11. The van der Waals surface area contributed by atoms with E-state index < -0.39 is 0 Å². The van der Waals surface area contributed by atoms with Gasteiger partial charge >= 0.3 is 0 Å². The van der Waals surface area contributed by atoms with Crippen molar-refractivity contribution in [2.45, 2.75) is 25.9 Å². The first-order valence-corrected chi connectivity index (χ1v) is 9.57. The van der Waals surface area contributed by atoms with Gasteiger partial charge in [0.25, 0.3) is 0 Å². The Balaban J connectivity index is 1.55. The van der Waals surface area contributed by atoms with Crippen LogP contribution in [0.4, 0.5) is 0 Å². The fourth-order valence-corrected chi connectivity index (χ4v) is 3.11. The summed E-state index contributed by atoms with van der Waals surface area (Å²) in [5.41, 5.74) is 2.25. The van der Waals surface area contributed by atoms with Crippen LogP contribution in [0.15, 0.2) is 40.9 Å². The Bertz CT molecular complexity index is 1010. The lowest BCUT2D eigenvalue weighted by molar-refractivity contribution is 0.0698. The maximum Gasteiger partial charge on any atom is 0.204 e. The number of tetrazole rings is 1. The van der Waals surface area contributed by atoms with E-state index in [1.807, 2.05) is 42.6 Å². The van der Waals surface area contributed by atoms with Gasteiger partial charge in [-0.1, -0.05) is 41.4 Å². The van der Waals surface area contributed by atoms with E-state index in [9.17, 15) is 0 Å². The Morgan fingerprint density at radius 1 is 1.33 bits per heavy atom. The zero-order chi connectivity index (χ0) is 18.6. The molecule has 1 fully saturated rings. The first-order chi connectivity index (χ1) is 13.2. The normalized spacial score (nSPS) is 15.1. The number of thiazole rings is 1. The van der Waals surface area contributed by atoms with Gasteiger partial charge in [-0.2, -0.15) is 0 Å². The van der Waals surface area contributed by atoms with Gasteiger partial charge in [0.1, 0.15) is 0 Å². The molecule has 0 amide bonds. The number of benzene rings is 1. The van der Waals surface area contributed by atoms with Crippen LogP contribution in [0.1, 0.15) is 48.0 Å². The SMILES string of the molecule is CC(ON=C(c1ccccc1)c1nnnn1C)c1csc(C#CC2CC2)n1. The second-order valence-corrected chi connectivity index (χ2v) is 7.16. The molecule has 8 heteroatoms. The molecule has 0 saturated heterocycles. The number of nitrogens with zero attached hydrogens (tertiary/aromatic N) is 6. The molecule has 1 aromatic carbocycles. The summed E-state index contributed by atoms with van der Waals surface area (Å²) < 4.78 is 1.56. The minimum absolute atomic E-state index is 0.308. The van der Waals surface area contributed by atoms with E-state index in [0.29, 0.717) is 17.5 Å². The van der Waals surface area contributed by atoms with E-state index in [1.165, 1.54) is 24.2 Å². The van der Waals surface area contributed by atoms with Crippen LogP contribution in [0.2, 0.25) is 0 Å². The molecule has 1 aliphatic rings. The second-order valence-electron chi connectivity index (χ2n) is 6.30. The van der Waals surface area contributed by atoms with Crippen LogP contribution in [0, 0.1) is 17.8 Å². The fourth-order valence-electron chi connectivity index (χ4n) is 2.36. The number of oxime groups is 1. The maximum atomic E-state index is 5.75. The predicted molar refractivity (Wildman–Crippen MR) is 102 cm³/mol. The number of hydrogen-bond acceptors (Lipinski definition) is 7. The molecule has 0 bridgehead atoms. The average molecular weight is 378 g/mol. The molecule has 4 rings (SSSR count). The highest BCUT2D eigenvalue weighted by atomic mass is 32.1. The monoisotopic (exact) mass is 378 g/mol. The molecule has 1 aliphatic carbocycles. The first kappa shape index (κ1) is 17.4. The lowest BCUT2D eigenvalue weighted by atomic mass is 10.1. The molecule has 136 valence electrons. The third-order valence-corrected chi connectivity index (χ3v) is 4.86. The Kier molecular flexibility index (Phi) is 4.94. The summed E-state index contributed by atoms with van der Waals surface area (Å²) in [5, 5.41) is 18.8. The first-order valence-electron chi connectivity index (χ1n) is 8.69. The lowest BCUT2D eigenvalue weighted by Crippen LogP contribution is -2.12. The highest BCUT2D eigenvalue weighted by Crippen LogP contribution is 2.28. The number of hydrogen-bond donors (Lipinski definition) is 0. The third-order valence-electron chi connectivity index (χ3n) is 4.08. The third kappa shape index (κ3) is 4.20. The lowest BCUT2D eigenvalue weighted by Gasteiger charge is -2.09. The molecule has 7 nitrogen and oxygen atoms in total. The summed E-state index contributed by atoms with van der Waals surface area (Å²) in [6, 6.07) is 9.69. The number of rotatable bonds is 5. The van der Waals surface area contributed by atoms with E-state index in [1.54, 1.807) is 11.7 Å². The van der Waals surface area contributed by atoms with Crippen LogP contribution in [-0.2, 0) is 11.9 Å². The van der Waals surface area contributed by atoms with Crippen molar-refractivity contribution in [1.82, 2.24) is 25.2 Å². The molecular formula is C19H18N6OS. The molecule has 0 N–H and O–H groups in total. The van der Waals surface area contributed by atoms with Gasteiger partial charge in [-0.05, 0) is 36.1 Å². The van der Waals surface area contributed by atoms with Gasteiger partial charge in [-0.3, -0.25) is 0 Å². The van der Waals surface area contributed by atoms with Gasteiger partial charge in [0.2, 0.25) is 5.82 Å². The Hall–Kier alpha value is -3.05. The number of aryl methyl sites for hydroxylation is 1. The summed E-state index contributed by atoms with van der Waals surface area (Å²) >= 11 is 1.53. The second kappa shape index (κ2) is 7.68. The van der Waals surface area contributed by atoms with E-state index in [4.69, 9.17) is 4.84 Å². The topological polar surface area (TPSA) is 78.1 Å². The van der Waals surface area contributed by atoms with Crippen molar-refractivity contribution in [1.29, 1.82) is 0 Å². The molecule has 1 atom stereocenters. The van der Waals surface area contributed by atoms with E-state index in [0.717, 1.165) is 16.3 Å². The molecule has 2 aromatic heterocycles. The fraction of sp³-hybridized carbons (Fsp3) is 0.316. The summed E-state index contributed by atoms with van der Waals surface area (Å²) in [4.78, 5) is 10.3. The van der Waals surface area contributed by atoms with Crippen molar-refractivity contribution in [2.75, 3.05) is 0 Å². The minimum atomic E-state index is -0.308. The summed E-state index contributed by atoms with van der Waals surface area (Å²) in [6.45, 7) is 1.91. The zero-order valence-electron chi connectivity index (χ0n) is 15.0. The molecule has 1 saturated carbocycles. The van der Waals surface area contributed by atoms with Gasteiger partial charge < -0.3 is 4.84 Å². The van der Waals surface area contributed by atoms with Gasteiger partial charge in [0, 0.05) is 23.9 Å². The quantitative estimate of drug-likeness (QED) is 0.387. The number of aromatic nitrogens is 5. The molecule has 1 unspecified atom stereocenters. The Labute approximate surface area is 161 Å². The Morgan fingerprint density at radius 3 is 2.85 bits per heavy atom. The largest absolute Gasteiger partial charge is 0.386 e. The highest BCUT2D eigenvalue weighted by Gasteiger charge is 2.19. The molecule has 2 heterocycles. The zero-order valence-corrected chi connectivity index (χ0v) is 15.8. The molecule has 0 aliphatic heterocycles. The van der Waals surface area contributed by atoms with Crippen molar-refractivity contribution in [3.05, 3.63) is 57.8 Å². The van der Waals surface area contributed by atoms with Gasteiger partial charge in [0.15, 0.2) is 16.8 Å². The van der Waals surface area contributed by atoms with Gasteiger partial charge in [-0.25, -0.2) is 9.67 Å². The van der Waals surface area contributed by atoms with Gasteiger partial charge in [-0.15, -0.1) is 16.4 Å². The minimum Gasteiger partial charge on any atom is -0.386 e. The van der Waals surface area contributed by atoms with E-state index >= 15 is 0 Å². The molecule has 3 aromatic rings. The van der Waals surface area contributed by atoms with Crippen LogP contribution in [0.5, 0.6) is 0 Å². The van der Waals surface area contributed by atoms with E-state index in [-0.39, 0.29) is 6.10 Å². The molecule has 0 spiro atoms. The van der Waals surface area contributed by atoms with Crippen molar-refractivity contribution in [3.63, 3.8) is 0 Å². The van der Waals surface area contributed by atoms with Crippen LogP contribution in [0.25, 0.3) is 0 Å². The highest BCUT2D eigenvalue weighted by molar-refractivity contribution is 7.10. The van der Waals surface area contributed by atoms with Crippen molar-refractivity contribution in [2.24, 2.45) is 18.1 Å². The van der Waals surface area contributed by atoms with Crippen LogP contribution >= 0.6 is 11.3 Å². The summed E-state index contributed by atoms with van der Waals surface area (Å²) in [5.74, 6) is 7.45. The van der Waals surface area contributed by atoms with Crippen LogP contribution in [0.3, 0.4) is 0 Å². The molecule has 0 radical (unpaired) electrons. The average Bonchev–Trinajstić information content (AvgIpc) is 3.23. The molecule has 27 heavy (non-hydrogen) atoms. The van der Waals surface area contributed by atoms with Crippen molar-refractivity contribution < 1.29 is 4.84 Å². The molecular weight excluding hydrogens is 360 g/mol. The maximum absolute atomic E-state index is 5.75. The van der Waals surface area contributed by atoms with Gasteiger partial charge in [0.05, 0.1) is 5.69 Å². The Morgan fingerprint density at radius 2 is 2.15 bits per heavy atom.